The summed E-state index contributed by atoms with van der Waals surface area (Å²) in [7, 11) is 0. The number of thiophene rings is 1. The molecule has 5 heteroatoms. The largest absolute Gasteiger partial charge is 0.310 e. The van der Waals surface area contributed by atoms with E-state index in [4.69, 9.17) is 11.6 Å². The Morgan fingerprint density at radius 3 is 2.95 bits per heavy atom. The van der Waals surface area contributed by atoms with Crippen LogP contribution in [0, 0.1) is 0 Å². The molecule has 0 saturated carbocycles. The highest BCUT2D eigenvalue weighted by atomic mass is 35.5. The van der Waals surface area contributed by atoms with Gasteiger partial charge in [-0.3, -0.25) is 0 Å². The molecule has 114 valence electrons. The molecule has 2 aromatic rings. The van der Waals surface area contributed by atoms with Gasteiger partial charge < -0.3 is 9.88 Å². The predicted molar refractivity (Wildman–Crippen MR) is 92.4 cm³/mol. The number of hydrogen-bond donors (Lipinski definition) is 1. The molecule has 2 aromatic heterocycles. The van der Waals surface area contributed by atoms with Crippen LogP contribution in [0.2, 0.25) is 0 Å². The number of nitrogens with one attached hydrogen (secondary N) is 1. The maximum absolute atomic E-state index is 6.26. The molecule has 1 atom stereocenters. The van der Waals surface area contributed by atoms with E-state index in [1.54, 1.807) is 10.4 Å². The van der Waals surface area contributed by atoms with Gasteiger partial charge in [-0.1, -0.05) is 0 Å². The van der Waals surface area contributed by atoms with Crippen LogP contribution < -0.4 is 5.32 Å². The van der Waals surface area contributed by atoms with Crippen LogP contribution in [0.3, 0.4) is 0 Å². The lowest BCUT2D eigenvalue weighted by Crippen LogP contribution is -2.40. The summed E-state index contributed by atoms with van der Waals surface area (Å²) in [5.41, 5.74) is 4.26. The van der Waals surface area contributed by atoms with Gasteiger partial charge in [0.2, 0.25) is 0 Å². The Labute approximate surface area is 140 Å². The molecule has 0 radical (unpaired) electrons. The summed E-state index contributed by atoms with van der Waals surface area (Å²) in [6.45, 7) is 3.14. The smallest absolute Gasteiger partial charge is 0.104 e. The van der Waals surface area contributed by atoms with Crippen LogP contribution in [0.25, 0.3) is 5.00 Å². The van der Waals surface area contributed by atoms with Crippen LogP contribution in [0.15, 0.2) is 18.3 Å². The zero-order chi connectivity index (χ0) is 13.7. The Hall–Kier alpha value is -0.480. The normalized spacial score (nSPS) is 23.5. The molecule has 21 heavy (non-hydrogen) atoms. The summed E-state index contributed by atoms with van der Waals surface area (Å²) in [6, 6.07) is 4.33. The summed E-state index contributed by atoms with van der Waals surface area (Å²) in [5.74, 6) is 0.591. The number of halogens is 2. The highest BCUT2D eigenvalue weighted by Crippen LogP contribution is 2.41. The van der Waals surface area contributed by atoms with Crippen LogP contribution in [-0.2, 0) is 24.9 Å². The highest BCUT2D eigenvalue weighted by molar-refractivity contribution is 7.15. The van der Waals surface area contributed by atoms with E-state index < -0.39 is 0 Å². The minimum atomic E-state index is -0.147. The third-order valence-electron chi connectivity index (χ3n) is 4.72. The molecule has 3 heterocycles. The lowest BCUT2D eigenvalue weighted by molar-refractivity contribution is 0.399. The van der Waals surface area contributed by atoms with Gasteiger partial charge in [0.1, 0.15) is 5.00 Å². The van der Waals surface area contributed by atoms with Crippen molar-refractivity contribution in [2.75, 3.05) is 5.88 Å². The average Bonchev–Trinajstić information content (AvgIpc) is 3.07. The first kappa shape index (κ1) is 15.4. The fourth-order valence-corrected chi connectivity index (χ4v) is 5.13. The van der Waals surface area contributed by atoms with Crippen molar-refractivity contribution in [2.24, 2.45) is 0 Å². The monoisotopic (exact) mass is 342 g/mol. The number of aryl methyl sites for hydroxylation is 1. The van der Waals surface area contributed by atoms with Crippen LogP contribution in [0.1, 0.15) is 41.5 Å². The minimum absolute atomic E-state index is 0. The van der Waals surface area contributed by atoms with Gasteiger partial charge in [0.05, 0.1) is 5.54 Å². The van der Waals surface area contributed by atoms with Gasteiger partial charge in [0, 0.05) is 34.8 Å². The van der Waals surface area contributed by atoms with Gasteiger partial charge in [-0.25, -0.2) is 0 Å². The molecular weight excluding hydrogens is 323 g/mol. The summed E-state index contributed by atoms with van der Waals surface area (Å²) >= 11 is 8.25. The second-order valence-corrected chi connectivity index (χ2v) is 7.43. The first-order chi connectivity index (χ1) is 9.73. The fourth-order valence-electron chi connectivity index (χ4n) is 3.49. The third kappa shape index (κ3) is 2.26. The average molecular weight is 343 g/mol. The van der Waals surface area contributed by atoms with Crippen LogP contribution in [0.5, 0.6) is 0 Å². The molecule has 2 nitrogen and oxygen atoms in total. The third-order valence-corrected chi connectivity index (χ3v) is 6.58. The van der Waals surface area contributed by atoms with Crippen molar-refractivity contribution in [3.05, 3.63) is 40.0 Å². The molecule has 4 rings (SSSR count). The molecule has 0 spiro atoms. The zero-order valence-electron chi connectivity index (χ0n) is 12.1. The Bertz CT molecular complexity index is 661. The van der Waals surface area contributed by atoms with Gasteiger partial charge in [-0.15, -0.1) is 35.3 Å². The molecule has 0 aromatic carbocycles. The topological polar surface area (TPSA) is 17.0 Å². The van der Waals surface area contributed by atoms with Crippen LogP contribution in [0.4, 0.5) is 0 Å². The van der Waals surface area contributed by atoms with Crippen molar-refractivity contribution in [1.82, 2.24) is 9.88 Å². The molecule has 1 N–H and O–H groups in total. The van der Waals surface area contributed by atoms with Gasteiger partial charge in [-0.05, 0) is 50.3 Å². The Kier molecular flexibility index (Phi) is 4.12. The first-order valence-corrected chi connectivity index (χ1v) is 8.71. The summed E-state index contributed by atoms with van der Waals surface area (Å²) in [4.78, 5) is 1.61. The second kappa shape index (κ2) is 5.62. The standard InChI is InChI=1S/C16H19ClN2S.ClH/c1-16(10-17)14-7-4-8-19(14)15-12(9-18-16)11-5-2-3-6-13(11)20-15;/h4,7-8,18H,2-3,5-6,9-10H2,1H3;1H. The Morgan fingerprint density at radius 1 is 1.33 bits per heavy atom. The predicted octanol–water partition coefficient (Wildman–Crippen LogP) is 4.40. The minimum Gasteiger partial charge on any atom is -0.310 e. The number of fused-ring (bicyclic) bond motifs is 5. The molecule has 0 fully saturated rings. The second-order valence-electron chi connectivity index (χ2n) is 6.08. The molecule has 1 unspecified atom stereocenters. The summed E-state index contributed by atoms with van der Waals surface area (Å²) < 4.78 is 2.36. The molecule has 2 aliphatic rings. The number of alkyl halides is 1. The first-order valence-electron chi connectivity index (χ1n) is 7.35. The zero-order valence-corrected chi connectivity index (χ0v) is 14.5. The molecule has 0 amide bonds. The van der Waals surface area contributed by atoms with Gasteiger partial charge >= 0.3 is 0 Å². The summed E-state index contributed by atoms with van der Waals surface area (Å²) in [5, 5.41) is 5.11. The maximum Gasteiger partial charge on any atom is 0.104 e. The molecule has 1 aliphatic carbocycles. The SMILES string of the molecule is CC1(CCl)NCc2c(sc3c2CCCC3)-n2cccc21.Cl. The number of rotatable bonds is 1. The van der Waals surface area contributed by atoms with Crippen molar-refractivity contribution < 1.29 is 0 Å². The van der Waals surface area contributed by atoms with E-state index in [-0.39, 0.29) is 17.9 Å². The van der Waals surface area contributed by atoms with E-state index in [2.05, 4.69) is 35.1 Å². The van der Waals surface area contributed by atoms with Crippen LogP contribution in [-0.4, -0.2) is 10.4 Å². The van der Waals surface area contributed by atoms with Gasteiger partial charge in [-0.2, -0.15) is 0 Å². The lowest BCUT2D eigenvalue weighted by Gasteiger charge is -2.28. The summed E-state index contributed by atoms with van der Waals surface area (Å²) in [6.07, 6.45) is 7.38. The van der Waals surface area contributed by atoms with Gasteiger partial charge in [0.15, 0.2) is 0 Å². The van der Waals surface area contributed by atoms with Crippen molar-refractivity contribution in [2.45, 2.75) is 44.7 Å². The molecule has 0 saturated heterocycles. The number of aromatic nitrogens is 1. The Morgan fingerprint density at radius 2 is 2.14 bits per heavy atom. The molecule has 1 aliphatic heterocycles. The van der Waals surface area contributed by atoms with E-state index >= 15 is 0 Å². The quantitative estimate of drug-likeness (QED) is 0.760. The number of nitrogens with zero attached hydrogens (tertiary/aromatic N) is 1. The van der Waals surface area contributed by atoms with E-state index in [1.807, 2.05) is 11.3 Å². The van der Waals surface area contributed by atoms with E-state index in [0.717, 1.165) is 6.54 Å². The van der Waals surface area contributed by atoms with E-state index in [9.17, 15) is 0 Å². The fraction of sp³-hybridized carbons (Fsp3) is 0.500. The number of hydrogen-bond acceptors (Lipinski definition) is 2. The van der Waals surface area contributed by atoms with Crippen molar-refractivity contribution in [3.8, 4) is 5.00 Å². The van der Waals surface area contributed by atoms with Gasteiger partial charge in [0.25, 0.3) is 0 Å². The van der Waals surface area contributed by atoms with Crippen molar-refractivity contribution in [3.63, 3.8) is 0 Å². The van der Waals surface area contributed by atoms with Crippen LogP contribution >= 0.6 is 35.3 Å². The molecular formula is C16H20Cl2N2S. The highest BCUT2D eigenvalue weighted by Gasteiger charge is 2.34. The lowest BCUT2D eigenvalue weighted by atomic mass is 9.95. The van der Waals surface area contributed by atoms with E-state index in [1.165, 1.54) is 41.9 Å². The van der Waals surface area contributed by atoms with Crippen molar-refractivity contribution in [1.29, 1.82) is 0 Å². The van der Waals surface area contributed by atoms with Crippen molar-refractivity contribution >= 4 is 35.3 Å². The van der Waals surface area contributed by atoms with E-state index in [0.29, 0.717) is 5.88 Å². The Balaban J connectivity index is 0.00000132. The maximum atomic E-state index is 6.26. The molecule has 0 bridgehead atoms.